The van der Waals surface area contributed by atoms with Gasteiger partial charge < -0.3 is 5.32 Å². The Kier molecular flexibility index (Phi) is 3.71. The maximum absolute atomic E-state index is 11.5. The largest absolute Gasteiger partial charge is 0.352 e. The number of hydrogen-bond donors (Lipinski definition) is 1. The van der Waals surface area contributed by atoms with E-state index < -0.39 is 0 Å². The van der Waals surface area contributed by atoms with Gasteiger partial charge in [-0.15, -0.1) is 0 Å². The molecule has 0 fully saturated rings. The van der Waals surface area contributed by atoms with Crippen LogP contribution in [0.3, 0.4) is 0 Å². The van der Waals surface area contributed by atoms with E-state index in [4.69, 9.17) is 0 Å². The van der Waals surface area contributed by atoms with Crippen molar-refractivity contribution >= 4 is 28.5 Å². The van der Waals surface area contributed by atoms with Gasteiger partial charge in [0.1, 0.15) is 0 Å². The maximum atomic E-state index is 11.5. The molecule has 0 aliphatic heterocycles. The zero-order valence-electron chi connectivity index (χ0n) is 7.73. The number of carbonyl (C=O) groups excluding carboxylic acids is 1. The van der Waals surface area contributed by atoms with E-state index >= 15 is 0 Å². The predicted octanol–water partition coefficient (Wildman–Crippen LogP) is 2.35. The van der Waals surface area contributed by atoms with Gasteiger partial charge in [-0.05, 0) is 54.1 Å². The number of nitrogens with one attached hydrogen (secondary N) is 1. The Labute approximate surface area is 91.9 Å². The Morgan fingerprint density at radius 2 is 2.23 bits per heavy atom. The molecular weight excluding hydrogens is 277 g/mol. The van der Waals surface area contributed by atoms with Crippen LogP contribution < -0.4 is 5.32 Å². The summed E-state index contributed by atoms with van der Waals surface area (Å²) in [6.45, 7) is 4.53. The van der Waals surface area contributed by atoms with Crippen LogP contribution in [0.25, 0.3) is 0 Å². The molecule has 0 bridgehead atoms. The highest BCUT2D eigenvalue weighted by atomic mass is 127. The van der Waals surface area contributed by atoms with Crippen LogP contribution in [0, 0.1) is 10.5 Å². The van der Waals surface area contributed by atoms with Crippen LogP contribution in [0.4, 0.5) is 0 Å². The minimum Gasteiger partial charge on any atom is -0.352 e. The van der Waals surface area contributed by atoms with Gasteiger partial charge in [-0.3, -0.25) is 4.79 Å². The minimum atomic E-state index is 0.0125. The number of benzene rings is 1. The van der Waals surface area contributed by atoms with Gasteiger partial charge in [0.15, 0.2) is 0 Å². The summed E-state index contributed by atoms with van der Waals surface area (Å²) in [7, 11) is 0. The third-order valence-electron chi connectivity index (χ3n) is 1.78. The van der Waals surface area contributed by atoms with Crippen LogP contribution >= 0.6 is 22.6 Å². The number of halogens is 1. The molecule has 0 saturated carbocycles. The lowest BCUT2D eigenvalue weighted by Gasteiger charge is -2.05. The van der Waals surface area contributed by atoms with Gasteiger partial charge in [0, 0.05) is 15.7 Å². The highest BCUT2D eigenvalue weighted by Crippen LogP contribution is 2.12. The Morgan fingerprint density at radius 3 is 2.85 bits per heavy atom. The fourth-order valence-electron chi connectivity index (χ4n) is 1.09. The number of carbonyl (C=O) groups is 1. The summed E-state index contributed by atoms with van der Waals surface area (Å²) >= 11 is 2.20. The highest BCUT2D eigenvalue weighted by Gasteiger charge is 2.07. The summed E-state index contributed by atoms with van der Waals surface area (Å²) < 4.78 is 1.09. The van der Waals surface area contributed by atoms with Crippen LogP contribution in [0.5, 0.6) is 0 Å². The summed E-state index contributed by atoms with van der Waals surface area (Å²) in [6.07, 6.45) is 0. The van der Waals surface area contributed by atoms with Gasteiger partial charge in [-0.1, -0.05) is 6.07 Å². The molecule has 1 aromatic rings. The quantitative estimate of drug-likeness (QED) is 0.832. The van der Waals surface area contributed by atoms with E-state index in [9.17, 15) is 4.79 Å². The molecule has 0 saturated heterocycles. The fourth-order valence-corrected chi connectivity index (χ4v) is 1.59. The van der Waals surface area contributed by atoms with Crippen molar-refractivity contribution in [2.24, 2.45) is 0 Å². The summed E-state index contributed by atoms with van der Waals surface area (Å²) in [5.74, 6) is 0.0125. The molecule has 0 atom stereocenters. The first-order chi connectivity index (χ1) is 6.15. The van der Waals surface area contributed by atoms with Crippen molar-refractivity contribution in [3.63, 3.8) is 0 Å². The van der Waals surface area contributed by atoms with Gasteiger partial charge in [0.2, 0.25) is 0 Å². The average molecular weight is 289 g/mol. The molecule has 1 aromatic carbocycles. The SMILES string of the molecule is CCNC(=O)c1cc(I)ccc1C. The van der Waals surface area contributed by atoms with Crippen LogP contribution in [0.1, 0.15) is 22.8 Å². The Bertz CT molecular complexity index is 323. The second-order valence-corrected chi connectivity index (χ2v) is 4.06. The fraction of sp³-hybridized carbons (Fsp3) is 0.300. The smallest absolute Gasteiger partial charge is 0.251 e. The van der Waals surface area contributed by atoms with Crippen molar-refractivity contribution in [1.29, 1.82) is 0 Å². The van der Waals surface area contributed by atoms with Gasteiger partial charge in [0.25, 0.3) is 5.91 Å². The molecule has 3 heteroatoms. The summed E-state index contributed by atoms with van der Waals surface area (Å²) in [4.78, 5) is 11.5. The van der Waals surface area contributed by atoms with Crippen molar-refractivity contribution < 1.29 is 4.79 Å². The molecule has 2 nitrogen and oxygen atoms in total. The van der Waals surface area contributed by atoms with E-state index in [1.165, 1.54) is 0 Å². The average Bonchev–Trinajstić information content (AvgIpc) is 2.09. The van der Waals surface area contributed by atoms with Crippen molar-refractivity contribution in [1.82, 2.24) is 5.32 Å². The second-order valence-electron chi connectivity index (χ2n) is 2.82. The molecule has 0 aliphatic rings. The predicted molar refractivity (Wildman–Crippen MR) is 61.9 cm³/mol. The summed E-state index contributed by atoms with van der Waals surface area (Å²) in [6, 6.07) is 5.87. The van der Waals surface area contributed by atoms with Gasteiger partial charge >= 0.3 is 0 Å². The van der Waals surface area contributed by atoms with Gasteiger partial charge in [-0.2, -0.15) is 0 Å². The van der Waals surface area contributed by atoms with Crippen LogP contribution in [-0.4, -0.2) is 12.5 Å². The van der Waals surface area contributed by atoms with E-state index in [0.29, 0.717) is 6.54 Å². The lowest BCUT2D eigenvalue weighted by atomic mass is 10.1. The molecule has 0 spiro atoms. The number of amides is 1. The van der Waals surface area contributed by atoms with Crippen LogP contribution in [0.2, 0.25) is 0 Å². The molecule has 1 N–H and O–H groups in total. The summed E-state index contributed by atoms with van der Waals surface area (Å²) in [5, 5.41) is 2.79. The molecule has 0 unspecified atom stereocenters. The molecule has 70 valence electrons. The monoisotopic (exact) mass is 289 g/mol. The first-order valence-electron chi connectivity index (χ1n) is 4.19. The zero-order valence-corrected chi connectivity index (χ0v) is 9.88. The topological polar surface area (TPSA) is 29.1 Å². The van der Waals surface area contributed by atoms with E-state index in [-0.39, 0.29) is 5.91 Å². The molecule has 0 aromatic heterocycles. The van der Waals surface area contributed by atoms with Crippen LogP contribution in [0.15, 0.2) is 18.2 Å². The zero-order chi connectivity index (χ0) is 9.84. The van der Waals surface area contributed by atoms with Crippen LogP contribution in [-0.2, 0) is 0 Å². The molecule has 0 aliphatic carbocycles. The second kappa shape index (κ2) is 4.60. The Balaban J connectivity index is 2.99. The van der Waals surface area contributed by atoms with Crippen molar-refractivity contribution in [3.8, 4) is 0 Å². The first-order valence-corrected chi connectivity index (χ1v) is 5.27. The molecule has 1 rings (SSSR count). The number of hydrogen-bond acceptors (Lipinski definition) is 1. The van der Waals surface area contributed by atoms with E-state index in [1.807, 2.05) is 32.0 Å². The first kappa shape index (κ1) is 10.5. The van der Waals surface area contributed by atoms with Gasteiger partial charge in [-0.25, -0.2) is 0 Å². The minimum absolute atomic E-state index is 0.0125. The van der Waals surface area contributed by atoms with E-state index in [1.54, 1.807) is 0 Å². The molecular formula is C10H12INO. The molecule has 0 radical (unpaired) electrons. The molecule has 1 amide bonds. The lowest BCUT2D eigenvalue weighted by Crippen LogP contribution is -2.23. The third kappa shape index (κ3) is 2.69. The van der Waals surface area contributed by atoms with Crippen molar-refractivity contribution in [2.75, 3.05) is 6.54 Å². The highest BCUT2D eigenvalue weighted by molar-refractivity contribution is 14.1. The van der Waals surface area contributed by atoms with Crippen molar-refractivity contribution in [3.05, 3.63) is 32.9 Å². The van der Waals surface area contributed by atoms with E-state index in [2.05, 4.69) is 27.9 Å². The van der Waals surface area contributed by atoms with Crippen molar-refractivity contribution in [2.45, 2.75) is 13.8 Å². The number of aryl methyl sites for hydroxylation is 1. The normalized spacial score (nSPS) is 9.77. The van der Waals surface area contributed by atoms with E-state index in [0.717, 1.165) is 14.7 Å². The Morgan fingerprint density at radius 1 is 1.54 bits per heavy atom. The lowest BCUT2D eigenvalue weighted by molar-refractivity contribution is 0.0955. The third-order valence-corrected chi connectivity index (χ3v) is 2.45. The maximum Gasteiger partial charge on any atom is 0.251 e. The summed E-state index contributed by atoms with van der Waals surface area (Å²) in [5.41, 5.74) is 1.79. The molecule has 13 heavy (non-hydrogen) atoms. The standard InChI is InChI=1S/C10H12INO/c1-3-12-10(13)9-6-8(11)5-4-7(9)2/h4-6H,3H2,1-2H3,(H,12,13). The molecule has 0 heterocycles. The Hall–Kier alpha value is -0.580. The van der Waals surface area contributed by atoms with Gasteiger partial charge in [0.05, 0.1) is 0 Å². The number of rotatable bonds is 2.